The maximum absolute atomic E-state index is 12.3. The van der Waals surface area contributed by atoms with E-state index < -0.39 is 10.0 Å². The number of hydrogen-bond donors (Lipinski definition) is 2. The van der Waals surface area contributed by atoms with E-state index in [9.17, 15) is 8.42 Å². The third kappa shape index (κ3) is 3.15. The summed E-state index contributed by atoms with van der Waals surface area (Å²) >= 11 is 0. The smallest absolute Gasteiger partial charge is 0.261 e. The van der Waals surface area contributed by atoms with Crippen LogP contribution in [0.1, 0.15) is 16.7 Å². The molecule has 108 valence electrons. The Hall–Kier alpha value is -2.52. The zero-order valence-electron chi connectivity index (χ0n) is 11.7. The maximum Gasteiger partial charge on any atom is 0.261 e. The van der Waals surface area contributed by atoms with Crippen LogP contribution in [0.15, 0.2) is 41.3 Å². The average Bonchev–Trinajstić information content (AvgIpc) is 2.44. The van der Waals surface area contributed by atoms with Gasteiger partial charge in [0.15, 0.2) is 0 Å². The van der Waals surface area contributed by atoms with Crippen LogP contribution in [0.4, 0.5) is 11.4 Å². The number of nitrogens with two attached hydrogens (primary N) is 1. The number of nitrogens with one attached hydrogen (secondary N) is 1. The summed E-state index contributed by atoms with van der Waals surface area (Å²) < 4.78 is 27.1. The molecule has 0 amide bonds. The molecule has 0 fully saturated rings. The van der Waals surface area contributed by atoms with Crippen LogP contribution in [-0.2, 0) is 10.0 Å². The van der Waals surface area contributed by atoms with Crippen molar-refractivity contribution in [2.75, 3.05) is 10.5 Å². The summed E-state index contributed by atoms with van der Waals surface area (Å²) in [6.45, 7) is 3.65. The molecule has 2 aromatic carbocycles. The van der Waals surface area contributed by atoms with Gasteiger partial charge in [-0.2, -0.15) is 5.26 Å². The lowest BCUT2D eigenvalue weighted by molar-refractivity contribution is 0.601. The Kier molecular flexibility index (Phi) is 3.87. The van der Waals surface area contributed by atoms with Gasteiger partial charge in [0.2, 0.25) is 0 Å². The van der Waals surface area contributed by atoms with E-state index in [1.54, 1.807) is 30.3 Å². The van der Waals surface area contributed by atoms with Crippen LogP contribution < -0.4 is 10.5 Å². The third-order valence-electron chi connectivity index (χ3n) is 3.26. The van der Waals surface area contributed by atoms with Crippen LogP contribution in [0.2, 0.25) is 0 Å². The number of sulfonamides is 1. The molecular weight excluding hydrogens is 286 g/mol. The van der Waals surface area contributed by atoms with Gasteiger partial charge in [-0.05, 0) is 61.4 Å². The molecule has 0 saturated heterocycles. The lowest BCUT2D eigenvalue weighted by Gasteiger charge is -2.11. The zero-order valence-corrected chi connectivity index (χ0v) is 12.5. The number of benzene rings is 2. The maximum atomic E-state index is 12.3. The first-order valence-electron chi connectivity index (χ1n) is 6.23. The van der Waals surface area contributed by atoms with Crippen molar-refractivity contribution in [3.63, 3.8) is 0 Å². The number of nitrogens with zero attached hydrogens (tertiary/aromatic N) is 1. The molecule has 21 heavy (non-hydrogen) atoms. The average molecular weight is 301 g/mol. The molecule has 0 aliphatic heterocycles. The number of anilines is 2. The number of nitriles is 1. The summed E-state index contributed by atoms with van der Waals surface area (Å²) in [5, 5.41) is 8.72. The summed E-state index contributed by atoms with van der Waals surface area (Å²) in [5.74, 6) is 0. The van der Waals surface area contributed by atoms with E-state index in [2.05, 4.69) is 4.72 Å². The molecule has 0 spiro atoms. The Balaban J connectivity index is 2.36. The van der Waals surface area contributed by atoms with Crippen molar-refractivity contribution in [3.05, 3.63) is 53.1 Å². The molecule has 3 N–H and O–H groups in total. The van der Waals surface area contributed by atoms with Gasteiger partial charge in [0.25, 0.3) is 10.0 Å². The Morgan fingerprint density at radius 3 is 2.29 bits per heavy atom. The molecule has 0 unspecified atom stereocenters. The fourth-order valence-corrected chi connectivity index (χ4v) is 3.01. The predicted molar refractivity (Wildman–Crippen MR) is 82.3 cm³/mol. The van der Waals surface area contributed by atoms with Crippen molar-refractivity contribution in [2.45, 2.75) is 18.7 Å². The largest absolute Gasteiger partial charge is 0.398 e. The lowest BCUT2D eigenvalue weighted by Crippen LogP contribution is -2.14. The zero-order chi connectivity index (χ0) is 15.6. The Bertz CT molecular complexity index is 796. The molecule has 5 nitrogen and oxygen atoms in total. The topological polar surface area (TPSA) is 96.0 Å². The Morgan fingerprint density at radius 2 is 1.76 bits per heavy atom. The molecule has 2 rings (SSSR count). The van der Waals surface area contributed by atoms with Crippen molar-refractivity contribution in [1.82, 2.24) is 0 Å². The van der Waals surface area contributed by atoms with Crippen LogP contribution >= 0.6 is 0 Å². The van der Waals surface area contributed by atoms with Crippen molar-refractivity contribution < 1.29 is 8.42 Å². The monoisotopic (exact) mass is 301 g/mol. The molecule has 0 aromatic heterocycles. The highest BCUT2D eigenvalue weighted by Crippen LogP contribution is 2.23. The first kappa shape index (κ1) is 14.9. The second-order valence-electron chi connectivity index (χ2n) is 4.75. The van der Waals surface area contributed by atoms with Crippen molar-refractivity contribution in [1.29, 1.82) is 5.26 Å². The number of rotatable bonds is 3. The minimum absolute atomic E-state index is 0.118. The standard InChI is InChI=1S/C15H15N3O2S/c1-10-7-14(8-15(17)11(10)2)21(19,20)18-13-5-3-12(9-16)4-6-13/h3-8,18H,17H2,1-2H3. The van der Waals surface area contributed by atoms with Gasteiger partial charge in [-0.1, -0.05) is 0 Å². The van der Waals surface area contributed by atoms with Crippen LogP contribution in [0.5, 0.6) is 0 Å². The minimum Gasteiger partial charge on any atom is -0.398 e. The molecule has 0 atom stereocenters. The van der Waals surface area contributed by atoms with Gasteiger partial charge >= 0.3 is 0 Å². The summed E-state index contributed by atoms with van der Waals surface area (Å²) in [6, 6.07) is 11.2. The molecule has 0 saturated carbocycles. The van der Waals surface area contributed by atoms with Gasteiger partial charge in [-0.15, -0.1) is 0 Å². The highest BCUT2D eigenvalue weighted by atomic mass is 32.2. The van der Waals surface area contributed by atoms with Crippen LogP contribution in [-0.4, -0.2) is 8.42 Å². The third-order valence-corrected chi connectivity index (χ3v) is 4.62. The number of aryl methyl sites for hydroxylation is 1. The quantitative estimate of drug-likeness (QED) is 0.851. The summed E-state index contributed by atoms with van der Waals surface area (Å²) in [7, 11) is -3.71. The van der Waals surface area contributed by atoms with E-state index in [1.165, 1.54) is 6.07 Å². The Labute approximate surface area is 124 Å². The fraction of sp³-hybridized carbons (Fsp3) is 0.133. The second kappa shape index (κ2) is 5.46. The molecular formula is C15H15N3O2S. The Morgan fingerprint density at radius 1 is 1.14 bits per heavy atom. The molecule has 0 aliphatic carbocycles. The summed E-state index contributed by atoms with van der Waals surface area (Å²) in [4.78, 5) is 0.118. The van der Waals surface area contributed by atoms with Gasteiger partial charge in [0.05, 0.1) is 16.5 Å². The van der Waals surface area contributed by atoms with E-state index in [0.717, 1.165) is 11.1 Å². The van der Waals surface area contributed by atoms with Gasteiger partial charge in [0, 0.05) is 11.4 Å². The second-order valence-corrected chi connectivity index (χ2v) is 6.43. The first-order valence-corrected chi connectivity index (χ1v) is 7.71. The van der Waals surface area contributed by atoms with E-state index in [-0.39, 0.29) is 4.90 Å². The highest BCUT2D eigenvalue weighted by molar-refractivity contribution is 7.92. The van der Waals surface area contributed by atoms with E-state index in [1.807, 2.05) is 19.9 Å². The van der Waals surface area contributed by atoms with Gasteiger partial charge in [0.1, 0.15) is 0 Å². The minimum atomic E-state index is -3.71. The van der Waals surface area contributed by atoms with Crippen LogP contribution in [0.3, 0.4) is 0 Å². The van der Waals surface area contributed by atoms with Crippen molar-refractivity contribution >= 4 is 21.4 Å². The lowest BCUT2D eigenvalue weighted by atomic mass is 10.1. The molecule has 6 heteroatoms. The SMILES string of the molecule is Cc1cc(S(=O)(=O)Nc2ccc(C#N)cc2)cc(N)c1C. The molecule has 0 bridgehead atoms. The van der Waals surface area contributed by atoms with Gasteiger partial charge in [-0.25, -0.2) is 8.42 Å². The van der Waals surface area contributed by atoms with E-state index >= 15 is 0 Å². The normalized spacial score (nSPS) is 10.9. The first-order chi connectivity index (χ1) is 9.83. The molecule has 2 aromatic rings. The van der Waals surface area contributed by atoms with E-state index in [4.69, 9.17) is 11.0 Å². The summed E-state index contributed by atoms with van der Waals surface area (Å²) in [6.07, 6.45) is 0. The van der Waals surface area contributed by atoms with Gasteiger partial charge < -0.3 is 5.73 Å². The molecule has 0 radical (unpaired) electrons. The highest BCUT2D eigenvalue weighted by Gasteiger charge is 2.16. The van der Waals surface area contributed by atoms with Crippen molar-refractivity contribution in [2.24, 2.45) is 0 Å². The van der Waals surface area contributed by atoms with Gasteiger partial charge in [-0.3, -0.25) is 4.72 Å². The molecule has 0 aliphatic rings. The van der Waals surface area contributed by atoms with E-state index in [0.29, 0.717) is 16.9 Å². The molecule has 0 heterocycles. The predicted octanol–water partition coefficient (Wildman–Crippen LogP) is 2.56. The van der Waals surface area contributed by atoms with Crippen LogP contribution in [0.25, 0.3) is 0 Å². The number of nitrogen functional groups attached to an aromatic ring is 1. The fourth-order valence-electron chi connectivity index (χ4n) is 1.83. The summed E-state index contributed by atoms with van der Waals surface area (Å²) in [5.41, 5.74) is 8.80. The number of hydrogen-bond acceptors (Lipinski definition) is 4. The van der Waals surface area contributed by atoms with Crippen molar-refractivity contribution in [3.8, 4) is 6.07 Å². The van der Waals surface area contributed by atoms with Crippen LogP contribution in [0, 0.1) is 25.2 Å².